The van der Waals surface area contributed by atoms with Gasteiger partial charge in [-0.05, 0) is 62.4 Å². The molecule has 0 aliphatic heterocycles. The molecule has 0 bridgehead atoms. The fourth-order valence-corrected chi connectivity index (χ4v) is 2.11. The number of aliphatic imine (C=N–C) groups is 2. The minimum absolute atomic E-state index is 0.912. The van der Waals surface area contributed by atoms with Crippen LogP contribution in [0.3, 0.4) is 0 Å². The molecule has 2 aromatic carbocycles. The van der Waals surface area contributed by atoms with Crippen molar-refractivity contribution in [2.45, 2.75) is 13.8 Å². The van der Waals surface area contributed by atoms with Gasteiger partial charge in [-0.1, -0.05) is 31.9 Å². The Kier molecular flexibility index (Phi) is 5.26. The predicted octanol–water partition coefficient (Wildman–Crippen LogP) is 6.10. The summed E-state index contributed by atoms with van der Waals surface area (Å²) in [5, 5.41) is 0. The highest BCUT2D eigenvalue weighted by Crippen LogP contribution is 2.19. The van der Waals surface area contributed by atoms with Crippen LogP contribution < -0.4 is 0 Å². The number of rotatable bonds is 3. The maximum atomic E-state index is 4.57. The molecule has 0 aliphatic rings. The fourth-order valence-electron chi connectivity index (χ4n) is 1.58. The molecule has 0 amide bonds. The van der Waals surface area contributed by atoms with Crippen molar-refractivity contribution in [3.63, 3.8) is 0 Å². The van der Waals surface area contributed by atoms with E-state index in [0.717, 1.165) is 31.7 Å². The summed E-state index contributed by atoms with van der Waals surface area (Å²) in [7, 11) is 0. The van der Waals surface area contributed by atoms with E-state index in [4.69, 9.17) is 0 Å². The highest BCUT2D eigenvalue weighted by atomic mass is 79.9. The van der Waals surface area contributed by atoms with Gasteiger partial charge in [0.1, 0.15) is 0 Å². The van der Waals surface area contributed by atoms with E-state index in [1.54, 1.807) is 0 Å². The summed E-state index contributed by atoms with van der Waals surface area (Å²) < 4.78 is 2.10. The van der Waals surface area contributed by atoms with Crippen molar-refractivity contribution in [3.05, 3.63) is 57.5 Å². The first-order valence-corrected chi connectivity index (χ1v) is 7.75. The standard InChI is InChI=1S/C16H14Br2N2/c1-11(19-15-7-3-13(17)4-8-15)12(2)20-16-9-5-14(18)6-10-16/h3-10H,1-2H3. The van der Waals surface area contributed by atoms with Gasteiger partial charge in [-0.2, -0.15) is 0 Å². The van der Waals surface area contributed by atoms with Crippen LogP contribution in [-0.4, -0.2) is 11.4 Å². The summed E-state index contributed by atoms with van der Waals surface area (Å²) in [4.78, 5) is 9.14. The number of halogens is 2. The van der Waals surface area contributed by atoms with Crippen LogP contribution in [0.5, 0.6) is 0 Å². The molecule has 0 saturated heterocycles. The van der Waals surface area contributed by atoms with Gasteiger partial charge < -0.3 is 0 Å². The second-order valence-corrected chi connectivity index (χ2v) is 6.18. The molecule has 0 fully saturated rings. The van der Waals surface area contributed by atoms with Crippen LogP contribution in [0.4, 0.5) is 11.4 Å². The molecule has 2 nitrogen and oxygen atoms in total. The minimum Gasteiger partial charge on any atom is -0.252 e. The van der Waals surface area contributed by atoms with Crippen LogP contribution in [0, 0.1) is 0 Å². The Morgan fingerprint density at radius 3 is 1.25 bits per heavy atom. The van der Waals surface area contributed by atoms with Crippen LogP contribution in [0.15, 0.2) is 67.5 Å². The largest absolute Gasteiger partial charge is 0.252 e. The first kappa shape index (κ1) is 15.1. The third kappa shape index (κ3) is 4.39. The van der Waals surface area contributed by atoms with Gasteiger partial charge in [-0.25, -0.2) is 0 Å². The van der Waals surface area contributed by atoms with Crippen molar-refractivity contribution < 1.29 is 0 Å². The summed E-state index contributed by atoms with van der Waals surface area (Å²) in [6.07, 6.45) is 0. The maximum Gasteiger partial charge on any atom is 0.0634 e. The molecule has 0 unspecified atom stereocenters. The summed E-state index contributed by atoms with van der Waals surface area (Å²) in [5.41, 5.74) is 3.68. The van der Waals surface area contributed by atoms with Crippen molar-refractivity contribution in [1.82, 2.24) is 0 Å². The van der Waals surface area contributed by atoms with Crippen molar-refractivity contribution in [1.29, 1.82) is 0 Å². The normalized spacial score (nSPS) is 12.6. The Labute approximate surface area is 135 Å². The van der Waals surface area contributed by atoms with Crippen LogP contribution in [0.1, 0.15) is 13.8 Å². The van der Waals surface area contributed by atoms with Crippen molar-refractivity contribution in [2.24, 2.45) is 9.98 Å². The lowest BCUT2D eigenvalue weighted by Crippen LogP contribution is -2.04. The Hall–Kier alpha value is -1.26. The molecule has 0 heterocycles. The van der Waals surface area contributed by atoms with Crippen LogP contribution in [0.25, 0.3) is 0 Å². The minimum atomic E-state index is 0.912. The summed E-state index contributed by atoms with van der Waals surface area (Å²) >= 11 is 6.83. The lowest BCUT2D eigenvalue weighted by atomic mass is 10.2. The molecule has 20 heavy (non-hydrogen) atoms. The topological polar surface area (TPSA) is 24.7 Å². The average Bonchev–Trinajstić information content (AvgIpc) is 2.44. The van der Waals surface area contributed by atoms with Crippen LogP contribution >= 0.6 is 31.9 Å². The quantitative estimate of drug-likeness (QED) is 0.563. The average molecular weight is 394 g/mol. The highest BCUT2D eigenvalue weighted by molar-refractivity contribution is 9.10. The molecule has 2 rings (SSSR count). The van der Waals surface area contributed by atoms with E-state index in [1.165, 1.54) is 0 Å². The van der Waals surface area contributed by atoms with Crippen LogP contribution in [-0.2, 0) is 0 Å². The highest BCUT2D eigenvalue weighted by Gasteiger charge is 1.99. The Morgan fingerprint density at radius 1 is 0.650 bits per heavy atom. The summed E-state index contributed by atoms with van der Waals surface area (Å²) in [6, 6.07) is 15.8. The SMILES string of the molecule is CC(=Nc1ccc(Br)cc1)C(C)=Nc1ccc(Br)cc1. The molecule has 0 radical (unpaired) electrons. The van der Waals surface area contributed by atoms with Gasteiger partial charge in [0, 0.05) is 8.95 Å². The van der Waals surface area contributed by atoms with E-state index in [0.29, 0.717) is 0 Å². The predicted molar refractivity (Wildman–Crippen MR) is 93.8 cm³/mol. The third-order valence-electron chi connectivity index (χ3n) is 2.77. The number of hydrogen-bond donors (Lipinski definition) is 0. The van der Waals surface area contributed by atoms with Gasteiger partial charge in [-0.3, -0.25) is 9.98 Å². The first-order valence-electron chi connectivity index (χ1n) is 6.17. The van der Waals surface area contributed by atoms with Gasteiger partial charge in [0.15, 0.2) is 0 Å². The number of nitrogens with zero attached hydrogens (tertiary/aromatic N) is 2. The third-order valence-corrected chi connectivity index (χ3v) is 3.83. The Balaban J connectivity index is 2.21. The van der Waals surface area contributed by atoms with E-state index in [-0.39, 0.29) is 0 Å². The molecule has 4 heteroatoms. The fraction of sp³-hybridized carbons (Fsp3) is 0.125. The zero-order valence-electron chi connectivity index (χ0n) is 11.3. The molecule has 0 aromatic heterocycles. The van der Waals surface area contributed by atoms with Crippen molar-refractivity contribution in [3.8, 4) is 0 Å². The lowest BCUT2D eigenvalue weighted by Gasteiger charge is -2.02. The number of benzene rings is 2. The zero-order chi connectivity index (χ0) is 14.5. The van der Waals surface area contributed by atoms with E-state index in [9.17, 15) is 0 Å². The van der Waals surface area contributed by atoms with Gasteiger partial charge in [-0.15, -0.1) is 0 Å². The molecule has 0 spiro atoms. The van der Waals surface area contributed by atoms with Gasteiger partial charge in [0.25, 0.3) is 0 Å². The van der Waals surface area contributed by atoms with Gasteiger partial charge in [0.2, 0.25) is 0 Å². The molecule has 0 saturated carbocycles. The van der Waals surface area contributed by atoms with E-state index in [2.05, 4.69) is 41.8 Å². The summed E-state index contributed by atoms with van der Waals surface area (Å²) in [5.74, 6) is 0. The van der Waals surface area contributed by atoms with Crippen molar-refractivity contribution in [2.75, 3.05) is 0 Å². The van der Waals surface area contributed by atoms with E-state index >= 15 is 0 Å². The Bertz CT molecular complexity index is 582. The Morgan fingerprint density at radius 2 is 0.950 bits per heavy atom. The molecule has 0 N–H and O–H groups in total. The van der Waals surface area contributed by atoms with Crippen molar-refractivity contribution >= 4 is 54.7 Å². The molecule has 0 aliphatic carbocycles. The second-order valence-electron chi connectivity index (χ2n) is 4.35. The molecule has 0 atom stereocenters. The molecule has 2 aromatic rings. The second kappa shape index (κ2) is 6.95. The smallest absolute Gasteiger partial charge is 0.0634 e. The first-order chi connectivity index (χ1) is 9.54. The molecule has 102 valence electrons. The maximum absolute atomic E-state index is 4.57. The monoisotopic (exact) mass is 392 g/mol. The van der Waals surface area contributed by atoms with Gasteiger partial charge >= 0.3 is 0 Å². The zero-order valence-corrected chi connectivity index (χ0v) is 14.4. The van der Waals surface area contributed by atoms with Crippen LogP contribution in [0.2, 0.25) is 0 Å². The lowest BCUT2D eigenvalue weighted by molar-refractivity contribution is 1.46. The van der Waals surface area contributed by atoms with E-state index < -0.39 is 0 Å². The van der Waals surface area contributed by atoms with Gasteiger partial charge in [0.05, 0.1) is 22.8 Å². The van der Waals surface area contributed by atoms with E-state index in [1.807, 2.05) is 62.4 Å². The number of hydrogen-bond acceptors (Lipinski definition) is 2. The summed E-state index contributed by atoms with van der Waals surface area (Å²) in [6.45, 7) is 3.94. The molecular weight excluding hydrogens is 380 g/mol. The molecular formula is C16H14Br2N2.